The second-order valence-corrected chi connectivity index (χ2v) is 5.77. The van der Waals surface area contributed by atoms with Crippen molar-refractivity contribution in [2.75, 3.05) is 0 Å². The van der Waals surface area contributed by atoms with E-state index in [1.807, 2.05) is 0 Å². The van der Waals surface area contributed by atoms with Gasteiger partial charge in [-0.3, -0.25) is 0 Å². The molecule has 0 spiro atoms. The molecular weight excluding hydrogens is 458 g/mol. The van der Waals surface area contributed by atoms with E-state index in [-0.39, 0.29) is 27.9 Å². The van der Waals surface area contributed by atoms with Gasteiger partial charge in [-0.1, -0.05) is 32.9 Å². The monoisotopic (exact) mass is 491 g/mol. The fourth-order valence-corrected chi connectivity index (χ4v) is 0. The first kappa shape index (κ1) is 43.2. The summed E-state index contributed by atoms with van der Waals surface area (Å²) < 4.78 is 0. The van der Waals surface area contributed by atoms with Crippen LogP contribution in [0.15, 0.2) is 60.8 Å². The summed E-state index contributed by atoms with van der Waals surface area (Å²) in [5.74, 6) is -4.68. The van der Waals surface area contributed by atoms with Gasteiger partial charge < -0.3 is 36.4 Å². The van der Waals surface area contributed by atoms with E-state index in [2.05, 4.69) is 38.6 Å². The molecule has 0 rings (SSSR count). The Hall–Kier alpha value is -4.68. The molecule has 0 aliphatic carbocycles. The molecule has 0 heterocycles. The second-order valence-electron chi connectivity index (χ2n) is 5.77. The van der Waals surface area contributed by atoms with Crippen molar-refractivity contribution < 1.29 is 59.4 Å². The Morgan fingerprint density at radius 3 is 0.441 bits per heavy atom. The lowest BCUT2D eigenvalue weighted by Gasteiger charge is -1.79. The van der Waals surface area contributed by atoms with Crippen molar-refractivity contribution in [1.82, 2.24) is 0 Å². The maximum Gasteiger partial charge on any atom is 0.402 e. The molecule has 13 heteroatoms. The summed E-state index contributed by atoms with van der Waals surface area (Å²) in [5.41, 5.74) is 4.91. The van der Waals surface area contributed by atoms with E-state index in [4.69, 9.17) is 35.4 Å². The highest BCUT2D eigenvalue weighted by molar-refractivity contribution is 5.86. The minimum Gasteiger partial charge on any atom is -0.478 e. The quantitative estimate of drug-likeness (QED) is 0.274. The largest absolute Gasteiger partial charge is 0.478 e. The van der Waals surface area contributed by atoms with Crippen LogP contribution in [-0.2, 0) is 24.0 Å². The van der Waals surface area contributed by atoms with Crippen LogP contribution in [-0.4, -0.2) is 66.6 Å². The molecule has 1 amide bonds. The minimum absolute atomic E-state index is 0.176. The Bertz CT molecular complexity index is 588. The maximum atomic E-state index is 9.60. The zero-order chi connectivity index (χ0) is 29.4. The topological polar surface area (TPSA) is 250 Å². The molecule has 8 N–H and O–H groups in total. The fraction of sp³-hybridized carbons (Fsp3) is 0.238. The van der Waals surface area contributed by atoms with Crippen molar-refractivity contribution in [3.8, 4) is 0 Å². The number of nitrogens with two attached hydrogens (primary N) is 1. The number of amides is 1. The summed E-state index contributed by atoms with van der Waals surface area (Å²) in [6.07, 6.45) is -1.33. The number of aliphatic carboxylic acids is 5. The van der Waals surface area contributed by atoms with E-state index >= 15 is 0 Å². The van der Waals surface area contributed by atoms with E-state index in [0.717, 1.165) is 0 Å². The van der Waals surface area contributed by atoms with Gasteiger partial charge in [0.05, 0.1) is 0 Å². The molecule has 0 atom stereocenters. The summed E-state index contributed by atoms with van der Waals surface area (Å²) >= 11 is 0. The van der Waals surface area contributed by atoms with Crippen LogP contribution in [0.1, 0.15) is 34.6 Å². The van der Waals surface area contributed by atoms with Crippen LogP contribution in [0.5, 0.6) is 0 Å². The van der Waals surface area contributed by atoms with E-state index in [9.17, 15) is 24.0 Å². The normalized spacial score (nSPS) is 7.32. The van der Waals surface area contributed by atoms with E-state index in [0.29, 0.717) is 0 Å². The molecule has 194 valence electrons. The van der Waals surface area contributed by atoms with Crippen molar-refractivity contribution >= 4 is 35.9 Å². The van der Waals surface area contributed by atoms with Crippen molar-refractivity contribution in [3.63, 3.8) is 0 Å². The van der Waals surface area contributed by atoms with Gasteiger partial charge in [0.1, 0.15) is 0 Å². The highest BCUT2D eigenvalue weighted by Crippen LogP contribution is 1.83. The van der Waals surface area contributed by atoms with Gasteiger partial charge in [-0.15, -0.1) is 0 Å². The molecule has 0 aromatic rings. The maximum absolute atomic E-state index is 9.60. The lowest BCUT2D eigenvalue weighted by atomic mass is 10.4. The van der Waals surface area contributed by atoms with Crippen molar-refractivity contribution in [2.24, 2.45) is 5.73 Å². The van der Waals surface area contributed by atoms with Crippen LogP contribution in [0, 0.1) is 0 Å². The Labute approximate surface area is 197 Å². The number of carbonyl (C=O) groups is 6. The van der Waals surface area contributed by atoms with Crippen molar-refractivity contribution in [3.05, 3.63) is 60.8 Å². The Morgan fingerprint density at radius 1 is 0.412 bits per heavy atom. The molecule has 0 saturated heterocycles. The molecular formula is C21H33NO12. The van der Waals surface area contributed by atoms with E-state index < -0.39 is 35.9 Å². The first-order valence-corrected chi connectivity index (χ1v) is 8.37. The number of carboxylic acid groups (broad SMARTS) is 6. The molecule has 0 aromatic heterocycles. The molecule has 0 aliphatic rings. The Morgan fingerprint density at radius 2 is 0.441 bits per heavy atom. The van der Waals surface area contributed by atoms with Crippen LogP contribution < -0.4 is 5.73 Å². The SMILES string of the molecule is C=C(C)C(=O)O.C=C(C)C(=O)O.C=C(C)C(=O)O.C=C(C)C(=O)O.C=C(C)C(=O)O.NC(=O)O. The van der Waals surface area contributed by atoms with Crippen LogP contribution in [0.25, 0.3) is 0 Å². The summed E-state index contributed by atoms with van der Waals surface area (Å²) in [6.45, 7) is 23.0. The Balaban J connectivity index is -0.0000000695. The highest BCUT2D eigenvalue weighted by Gasteiger charge is 1.92. The number of carboxylic acids is 5. The summed E-state index contributed by atoms with van der Waals surface area (Å²) in [7, 11) is 0. The number of rotatable bonds is 5. The van der Waals surface area contributed by atoms with Gasteiger partial charge in [0.15, 0.2) is 0 Å². The molecule has 0 saturated carbocycles. The van der Waals surface area contributed by atoms with Gasteiger partial charge >= 0.3 is 35.9 Å². The van der Waals surface area contributed by atoms with Crippen molar-refractivity contribution in [2.45, 2.75) is 34.6 Å². The van der Waals surface area contributed by atoms with Gasteiger partial charge in [0.2, 0.25) is 0 Å². The molecule has 34 heavy (non-hydrogen) atoms. The zero-order valence-electron chi connectivity index (χ0n) is 19.7. The van der Waals surface area contributed by atoms with Crippen LogP contribution in [0.2, 0.25) is 0 Å². The third-order valence-corrected chi connectivity index (χ3v) is 1.83. The second kappa shape index (κ2) is 26.4. The van der Waals surface area contributed by atoms with Crippen LogP contribution in [0.4, 0.5) is 4.79 Å². The molecule has 13 nitrogen and oxygen atoms in total. The van der Waals surface area contributed by atoms with Gasteiger partial charge in [-0.05, 0) is 34.6 Å². The van der Waals surface area contributed by atoms with Crippen LogP contribution in [0.3, 0.4) is 0 Å². The molecule has 0 radical (unpaired) electrons. The van der Waals surface area contributed by atoms with Gasteiger partial charge in [-0.2, -0.15) is 0 Å². The van der Waals surface area contributed by atoms with E-state index in [1.54, 1.807) is 0 Å². The summed E-state index contributed by atoms with van der Waals surface area (Å²) in [6, 6.07) is 0. The first-order valence-electron chi connectivity index (χ1n) is 8.37. The molecule has 0 unspecified atom stereocenters. The van der Waals surface area contributed by atoms with Crippen molar-refractivity contribution in [1.29, 1.82) is 0 Å². The average molecular weight is 491 g/mol. The van der Waals surface area contributed by atoms with Gasteiger partial charge in [0, 0.05) is 27.9 Å². The molecule has 0 aromatic carbocycles. The smallest absolute Gasteiger partial charge is 0.402 e. The highest BCUT2D eigenvalue weighted by atomic mass is 16.4. The number of primary amides is 1. The first-order chi connectivity index (χ1) is 14.9. The minimum atomic E-state index is -1.33. The standard InChI is InChI=1S/5C4H6O2.CH3NO2/c5*1-3(2)4(5)6;2-1(3)4/h5*1H2,2H3,(H,5,6);2H2,(H,3,4). The summed E-state index contributed by atoms with van der Waals surface area (Å²) in [5, 5.41) is 46.7. The molecule has 0 aliphatic heterocycles. The third kappa shape index (κ3) is 80.6. The average Bonchev–Trinajstić information content (AvgIpc) is 2.62. The third-order valence-electron chi connectivity index (χ3n) is 1.83. The van der Waals surface area contributed by atoms with E-state index in [1.165, 1.54) is 34.6 Å². The van der Waals surface area contributed by atoms with Gasteiger partial charge in [-0.25, -0.2) is 28.8 Å². The molecule has 0 fully saturated rings. The van der Waals surface area contributed by atoms with Crippen LogP contribution >= 0.6 is 0 Å². The van der Waals surface area contributed by atoms with Gasteiger partial charge in [0.25, 0.3) is 0 Å². The Kier molecular flexibility index (Phi) is 33.5. The predicted octanol–water partition coefficient (Wildman–Crippen LogP) is 2.86. The fourth-order valence-electron chi connectivity index (χ4n) is 0. The number of hydrogen-bond acceptors (Lipinski definition) is 6. The zero-order valence-corrected chi connectivity index (χ0v) is 19.7. The molecule has 0 bridgehead atoms. The predicted molar refractivity (Wildman–Crippen MR) is 124 cm³/mol. The number of hydrogen-bond donors (Lipinski definition) is 7. The lowest BCUT2D eigenvalue weighted by Crippen LogP contribution is -2.03. The summed E-state index contributed by atoms with van der Waals surface area (Å²) in [4.78, 5) is 56.8. The lowest BCUT2D eigenvalue weighted by molar-refractivity contribution is -0.133.